The van der Waals surface area contributed by atoms with Gasteiger partial charge in [0.1, 0.15) is 0 Å². The van der Waals surface area contributed by atoms with Gasteiger partial charge in [-0.1, -0.05) is 41.0 Å². The van der Waals surface area contributed by atoms with Gasteiger partial charge >= 0.3 is 0 Å². The molecule has 210 valence electrons. The molecule has 0 aliphatic heterocycles. The van der Waals surface area contributed by atoms with Gasteiger partial charge in [-0.2, -0.15) is 0 Å². The highest BCUT2D eigenvalue weighted by molar-refractivity contribution is 5.22. The molecule has 0 unspecified atom stereocenters. The summed E-state index contributed by atoms with van der Waals surface area (Å²) in [6.45, 7) is 10.8. The van der Waals surface area contributed by atoms with Gasteiger partial charge in [0.25, 0.3) is 0 Å². The van der Waals surface area contributed by atoms with Crippen molar-refractivity contribution in [1.29, 1.82) is 0 Å². The number of hydrogen-bond donors (Lipinski definition) is 7. The lowest BCUT2D eigenvalue weighted by Crippen LogP contribution is -2.71. The van der Waals surface area contributed by atoms with Crippen LogP contribution in [0, 0.1) is 52.3 Å². The summed E-state index contributed by atoms with van der Waals surface area (Å²) in [7, 11) is 0. The Morgan fingerprint density at radius 3 is 2.03 bits per heavy atom. The minimum atomic E-state index is -1.36. The first-order valence-electron chi connectivity index (χ1n) is 14.5. The number of fused-ring (bicyclic) bond motifs is 5. The largest absolute Gasteiger partial charge is 0.396 e. The van der Waals surface area contributed by atoms with E-state index in [2.05, 4.69) is 27.7 Å². The monoisotopic (exact) mass is 512 g/mol. The number of rotatable bonds is 7. The second-order valence-corrected chi connectivity index (χ2v) is 14.0. The zero-order valence-electron chi connectivity index (χ0n) is 22.9. The van der Waals surface area contributed by atoms with Crippen LogP contribution in [-0.4, -0.2) is 78.5 Å². The van der Waals surface area contributed by atoms with E-state index in [1.165, 1.54) is 0 Å². The highest BCUT2D eigenvalue weighted by Gasteiger charge is 2.73. The first-order chi connectivity index (χ1) is 16.7. The van der Waals surface area contributed by atoms with Crippen molar-refractivity contribution in [1.82, 2.24) is 0 Å². The molecule has 7 nitrogen and oxygen atoms in total. The molecule has 4 saturated carbocycles. The Balaban J connectivity index is 1.62. The van der Waals surface area contributed by atoms with Crippen LogP contribution in [0.25, 0.3) is 0 Å². The van der Waals surface area contributed by atoms with Crippen molar-refractivity contribution in [2.75, 3.05) is 6.61 Å². The fourth-order valence-electron chi connectivity index (χ4n) is 10.3. The lowest BCUT2D eigenvalue weighted by atomic mass is 9.41. The molecule has 0 heterocycles. The molecule has 0 spiro atoms. The molecule has 0 bridgehead atoms. The van der Waals surface area contributed by atoms with Crippen molar-refractivity contribution in [2.45, 2.75) is 122 Å². The Kier molecular flexibility index (Phi) is 8.01. The van der Waals surface area contributed by atoms with Crippen molar-refractivity contribution < 1.29 is 35.7 Å². The van der Waals surface area contributed by atoms with Crippen molar-refractivity contribution in [2.24, 2.45) is 52.3 Å². The molecule has 0 aromatic heterocycles. The Hall–Kier alpha value is -0.280. The van der Waals surface area contributed by atoms with Gasteiger partial charge in [0.05, 0.1) is 36.1 Å². The second-order valence-electron chi connectivity index (χ2n) is 14.0. The van der Waals surface area contributed by atoms with Crippen molar-refractivity contribution in [3.63, 3.8) is 0 Å². The minimum Gasteiger partial charge on any atom is -0.396 e. The van der Waals surface area contributed by atoms with Crippen LogP contribution in [0.3, 0.4) is 0 Å². The third kappa shape index (κ3) is 4.20. The molecule has 4 fully saturated rings. The molecule has 4 aliphatic carbocycles. The van der Waals surface area contributed by atoms with Crippen LogP contribution < -0.4 is 0 Å². The maximum absolute atomic E-state index is 12.4. The molecule has 7 N–H and O–H groups in total. The van der Waals surface area contributed by atoms with Crippen LogP contribution in [-0.2, 0) is 0 Å². The predicted octanol–water partition coefficient (Wildman–Crippen LogP) is 2.08. The SMILES string of the molecule is CC(C)[C@@H](CCO)CC[C@@H](C)[C@H]1[C@@H](O)[C@@H](O)[C@@H]2[C@]1(C)CC[C@@H]1[C@@]3(C)CC[C@H](O)[C@H](O)[C@@H]3[C@@H](O)C[C@]12O. The molecule has 0 aromatic rings. The summed E-state index contributed by atoms with van der Waals surface area (Å²) in [5.74, 6) is -0.495. The van der Waals surface area contributed by atoms with E-state index in [0.717, 1.165) is 25.7 Å². The molecule has 14 atom stereocenters. The first kappa shape index (κ1) is 28.7. The molecule has 7 heteroatoms. The summed E-state index contributed by atoms with van der Waals surface area (Å²) in [5, 5.41) is 77.1. The molecule has 0 radical (unpaired) electrons. The molecule has 4 aliphatic rings. The number of hydrogen-bond acceptors (Lipinski definition) is 7. The fraction of sp³-hybridized carbons (Fsp3) is 1.00. The normalized spacial score (nSPS) is 52.4. The van der Waals surface area contributed by atoms with E-state index in [0.29, 0.717) is 31.1 Å². The van der Waals surface area contributed by atoms with E-state index in [-0.39, 0.29) is 30.8 Å². The first-order valence-corrected chi connectivity index (χ1v) is 14.5. The van der Waals surface area contributed by atoms with Gasteiger partial charge in [-0.3, -0.25) is 0 Å². The van der Waals surface area contributed by atoms with E-state index in [1.807, 2.05) is 6.92 Å². The van der Waals surface area contributed by atoms with E-state index in [4.69, 9.17) is 0 Å². The molecular weight excluding hydrogens is 460 g/mol. The van der Waals surface area contributed by atoms with Gasteiger partial charge in [-0.05, 0) is 78.9 Å². The van der Waals surface area contributed by atoms with Gasteiger partial charge in [0.15, 0.2) is 0 Å². The number of aliphatic hydroxyl groups is 7. The highest BCUT2D eigenvalue weighted by Crippen LogP contribution is 2.69. The van der Waals surface area contributed by atoms with Gasteiger partial charge in [-0.15, -0.1) is 0 Å². The Morgan fingerprint density at radius 1 is 0.778 bits per heavy atom. The maximum Gasteiger partial charge on any atom is 0.0863 e. The van der Waals surface area contributed by atoms with E-state index >= 15 is 0 Å². The lowest BCUT2D eigenvalue weighted by Gasteiger charge is -2.66. The Bertz CT molecular complexity index is 777. The van der Waals surface area contributed by atoms with Crippen molar-refractivity contribution >= 4 is 0 Å². The number of aliphatic hydroxyl groups excluding tert-OH is 6. The second kappa shape index (κ2) is 10.0. The third-order valence-corrected chi connectivity index (χ3v) is 11.9. The topological polar surface area (TPSA) is 142 Å². The summed E-state index contributed by atoms with van der Waals surface area (Å²) in [6, 6.07) is 0. The zero-order valence-corrected chi connectivity index (χ0v) is 22.9. The van der Waals surface area contributed by atoms with Gasteiger partial charge in [0, 0.05) is 24.9 Å². The summed E-state index contributed by atoms with van der Waals surface area (Å²) in [5.41, 5.74) is -2.40. The molecule has 36 heavy (non-hydrogen) atoms. The van der Waals surface area contributed by atoms with Crippen molar-refractivity contribution in [3.8, 4) is 0 Å². The summed E-state index contributed by atoms with van der Waals surface area (Å²) in [4.78, 5) is 0. The smallest absolute Gasteiger partial charge is 0.0863 e. The maximum atomic E-state index is 12.4. The average Bonchev–Trinajstić information content (AvgIpc) is 2.99. The minimum absolute atomic E-state index is 0.0404. The summed E-state index contributed by atoms with van der Waals surface area (Å²) >= 11 is 0. The van der Waals surface area contributed by atoms with Crippen LogP contribution in [0.2, 0.25) is 0 Å². The predicted molar refractivity (Wildman–Crippen MR) is 137 cm³/mol. The molecule has 4 rings (SSSR count). The van der Waals surface area contributed by atoms with Crippen LogP contribution in [0.1, 0.15) is 86.0 Å². The van der Waals surface area contributed by atoms with Gasteiger partial charge in [-0.25, -0.2) is 0 Å². The standard InChI is InChI=1S/C29H52O7/c1-15(2)17(10-13-30)7-6-16(3)21-24(34)25(35)26-28(21,5)12-9-20-27(4)11-8-18(31)23(33)22(27)19(32)14-29(20,26)36/h15-26,30-36H,6-14H2,1-5H3/t16-,17-,18+,19+,20-,21+,22+,23+,24-,25-,26-,27-,28-,29+/m1/s1. The summed E-state index contributed by atoms with van der Waals surface area (Å²) in [6.07, 6.45) is 0.192. The van der Waals surface area contributed by atoms with Crippen LogP contribution >= 0.6 is 0 Å². The molecular formula is C29H52O7. The average molecular weight is 513 g/mol. The highest BCUT2D eigenvalue weighted by atomic mass is 16.3. The van der Waals surface area contributed by atoms with Crippen LogP contribution in [0.4, 0.5) is 0 Å². The van der Waals surface area contributed by atoms with Crippen molar-refractivity contribution in [3.05, 3.63) is 0 Å². The third-order valence-electron chi connectivity index (χ3n) is 11.9. The fourth-order valence-corrected chi connectivity index (χ4v) is 10.3. The molecule has 0 aromatic carbocycles. The zero-order chi connectivity index (χ0) is 26.8. The molecule has 0 amide bonds. The van der Waals surface area contributed by atoms with E-state index in [1.54, 1.807) is 0 Å². The van der Waals surface area contributed by atoms with Crippen LogP contribution in [0.5, 0.6) is 0 Å². The van der Waals surface area contributed by atoms with Crippen LogP contribution in [0.15, 0.2) is 0 Å². The lowest BCUT2D eigenvalue weighted by molar-refractivity contribution is -0.280. The Labute approximate surface area is 216 Å². The van der Waals surface area contributed by atoms with E-state index in [9.17, 15) is 35.7 Å². The Morgan fingerprint density at radius 2 is 1.42 bits per heavy atom. The van der Waals surface area contributed by atoms with Gasteiger partial charge in [0.2, 0.25) is 0 Å². The summed E-state index contributed by atoms with van der Waals surface area (Å²) < 4.78 is 0. The van der Waals surface area contributed by atoms with E-state index < -0.39 is 58.8 Å². The molecule has 0 saturated heterocycles. The van der Waals surface area contributed by atoms with Gasteiger partial charge < -0.3 is 35.7 Å². The quantitative estimate of drug-likeness (QED) is 0.277.